The number of nitrogens with zero attached hydrogens (tertiary/aromatic N) is 2. The molecule has 3 rings (SSSR count). The number of rotatable bonds is 6. The number of ether oxygens (including phenoxy) is 2. The molecule has 106 valence electrons. The van der Waals surface area contributed by atoms with Gasteiger partial charge in [0.2, 0.25) is 5.89 Å². The number of methoxy groups -OCH3 is 2. The van der Waals surface area contributed by atoms with Crippen LogP contribution in [0.1, 0.15) is 18.7 Å². The standard InChI is InChI=1S/C14H17N3O3/c1-18-10-5-6-11(12(7-10)19-2)14-17-16-13(20-14)8-15-9-3-4-9/h5-7,9,15H,3-4,8H2,1-2H3. The van der Waals surface area contributed by atoms with Crippen LogP contribution in [0.15, 0.2) is 22.6 Å². The van der Waals surface area contributed by atoms with Gasteiger partial charge in [0.25, 0.3) is 5.89 Å². The lowest BCUT2D eigenvalue weighted by atomic mass is 10.2. The van der Waals surface area contributed by atoms with Crippen LogP contribution in [0.25, 0.3) is 11.5 Å². The zero-order valence-electron chi connectivity index (χ0n) is 11.5. The first-order valence-electron chi connectivity index (χ1n) is 6.58. The normalized spacial score (nSPS) is 14.3. The lowest BCUT2D eigenvalue weighted by molar-refractivity contribution is 0.393. The summed E-state index contributed by atoms with van der Waals surface area (Å²) in [5.74, 6) is 2.41. The maximum absolute atomic E-state index is 5.66. The van der Waals surface area contributed by atoms with Crippen molar-refractivity contribution in [3.05, 3.63) is 24.1 Å². The summed E-state index contributed by atoms with van der Waals surface area (Å²) in [6, 6.07) is 6.09. The Labute approximate surface area is 117 Å². The molecule has 20 heavy (non-hydrogen) atoms. The maximum Gasteiger partial charge on any atom is 0.251 e. The van der Waals surface area contributed by atoms with Crippen LogP contribution in [-0.4, -0.2) is 30.5 Å². The summed E-state index contributed by atoms with van der Waals surface area (Å²) in [7, 11) is 3.22. The highest BCUT2D eigenvalue weighted by Gasteiger charge is 2.21. The number of aromatic nitrogens is 2. The van der Waals surface area contributed by atoms with E-state index in [0.29, 0.717) is 30.1 Å². The average Bonchev–Trinajstić information content (AvgIpc) is 3.21. The van der Waals surface area contributed by atoms with Crippen molar-refractivity contribution in [2.75, 3.05) is 14.2 Å². The van der Waals surface area contributed by atoms with Gasteiger partial charge in [-0.1, -0.05) is 0 Å². The molecule has 1 heterocycles. The first-order valence-corrected chi connectivity index (χ1v) is 6.58. The fraction of sp³-hybridized carbons (Fsp3) is 0.429. The van der Waals surface area contributed by atoms with E-state index in [4.69, 9.17) is 13.9 Å². The molecule has 0 amide bonds. The molecule has 1 aliphatic carbocycles. The van der Waals surface area contributed by atoms with Crippen LogP contribution < -0.4 is 14.8 Å². The summed E-state index contributed by atoms with van der Waals surface area (Å²) in [6.07, 6.45) is 2.46. The van der Waals surface area contributed by atoms with E-state index in [-0.39, 0.29) is 0 Å². The molecule has 1 saturated carbocycles. The average molecular weight is 275 g/mol. The highest BCUT2D eigenvalue weighted by atomic mass is 16.5. The zero-order valence-corrected chi connectivity index (χ0v) is 11.5. The molecular weight excluding hydrogens is 258 g/mol. The number of hydrogen-bond donors (Lipinski definition) is 1. The Hall–Kier alpha value is -2.08. The Morgan fingerprint density at radius 2 is 2.10 bits per heavy atom. The molecule has 0 atom stereocenters. The van der Waals surface area contributed by atoms with Crippen molar-refractivity contribution in [2.24, 2.45) is 0 Å². The van der Waals surface area contributed by atoms with Gasteiger partial charge in [-0.05, 0) is 25.0 Å². The van der Waals surface area contributed by atoms with Crippen molar-refractivity contribution >= 4 is 0 Å². The van der Waals surface area contributed by atoms with Crippen LogP contribution in [0.5, 0.6) is 11.5 Å². The Morgan fingerprint density at radius 1 is 1.25 bits per heavy atom. The predicted octanol–water partition coefficient (Wildman–Crippen LogP) is 2.01. The topological polar surface area (TPSA) is 69.4 Å². The molecule has 0 saturated heterocycles. The lowest BCUT2D eigenvalue weighted by Crippen LogP contribution is -2.15. The van der Waals surface area contributed by atoms with Gasteiger partial charge in [-0.25, -0.2) is 0 Å². The minimum Gasteiger partial charge on any atom is -0.497 e. The van der Waals surface area contributed by atoms with Crippen LogP contribution in [0.2, 0.25) is 0 Å². The highest BCUT2D eigenvalue weighted by molar-refractivity contribution is 5.64. The van der Waals surface area contributed by atoms with Gasteiger partial charge >= 0.3 is 0 Å². The zero-order chi connectivity index (χ0) is 13.9. The fourth-order valence-electron chi connectivity index (χ4n) is 1.93. The second-order valence-electron chi connectivity index (χ2n) is 4.72. The maximum atomic E-state index is 5.66. The summed E-state index contributed by atoms with van der Waals surface area (Å²) in [6.45, 7) is 0.607. The predicted molar refractivity (Wildman–Crippen MR) is 72.7 cm³/mol. The molecule has 6 heteroatoms. The number of hydrogen-bond acceptors (Lipinski definition) is 6. The van der Waals surface area contributed by atoms with Crippen molar-refractivity contribution < 1.29 is 13.9 Å². The molecule has 1 N–H and O–H groups in total. The van der Waals surface area contributed by atoms with E-state index in [9.17, 15) is 0 Å². The molecule has 2 aromatic rings. The van der Waals surface area contributed by atoms with Gasteiger partial charge in [0.05, 0.1) is 26.3 Å². The van der Waals surface area contributed by atoms with Crippen LogP contribution >= 0.6 is 0 Å². The molecule has 0 bridgehead atoms. The van der Waals surface area contributed by atoms with Crippen LogP contribution in [0.3, 0.4) is 0 Å². The Morgan fingerprint density at radius 3 is 2.80 bits per heavy atom. The minimum atomic E-state index is 0.456. The molecule has 1 fully saturated rings. The van der Waals surface area contributed by atoms with E-state index in [2.05, 4.69) is 15.5 Å². The Bertz CT molecular complexity index is 593. The molecular formula is C14H17N3O3. The summed E-state index contributed by atoms with van der Waals surface area (Å²) >= 11 is 0. The molecule has 0 unspecified atom stereocenters. The summed E-state index contributed by atoms with van der Waals surface area (Å²) in [5.41, 5.74) is 0.762. The van der Waals surface area contributed by atoms with E-state index in [1.165, 1.54) is 12.8 Å². The van der Waals surface area contributed by atoms with Gasteiger partial charge < -0.3 is 19.2 Å². The monoisotopic (exact) mass is 275 g/mol. The van der Waals surface area contributed by atoms with E-state index in [1.807, 2.05) is 12.1 Å². The van der Waals surface area contributed by atoms with Gasteiger partial charge in [0, 0.05) is 12.1 Å². The largest absolute Gasteiger partial charge is 0.497 e. The summed E-state index contributed by atoms with van der Waals surface area (Å²) in [5, 5.41) is 11.5. The highest BCUT2D eigenvalue weighted by Crippen LogP contribution is 2.32. The Kier molecular flexibility index (Phi) is 3.56. The molecule has 6 nitrogen and oxygen atoms in total. The lowest BCUT2D eigenvalue weighted by Gasteiger charge is -2.07. The van der Waals surface area contributed by atoms with Crippen LogP contribution in [0.4, 0.5) is 0 Å². The minimum absolute atomic E-state index is 0.456. The molecule has 1 aromatic carbocycles. The third kappa shape index (κ3) is 2.75. The van der Waals surface area contributed by atoms with Crippen molar-refractivity contribution in [2.45, 2.75) is 25.4 Å². The van der Waals surface area contributed by atoms with Gasteiger partial charge in [-0.15, -0.1) is 10.2 Å². The van der Waals surface area contributed by atoms with Gasteiger partial charge in [-0.3, -0.25) is 0 Å². The SMILES string of the molecule is COc1ccc(-c2nnc(CNC3CC3)o2)c(OC)c1. The van der Waals surface area contributed by atoms with E-state index < -0.39 is 0 Å². The van der Waals surface area contributed by atoms with Crippen molar-refractivity contribution in [3.8, 4) is 23.0 Å². The second-order valence-corrected chi connectivity index (χ2v) is 4.72. The number of benzene rings is 1. The quantitative estimate of drug-likeness (QED) is 0.869. The third-order valence-electron chi connectivity index (χ3n) is 3.23. The molecule has 0 spiro atoms. The van der Waals surface area contributed by atoms with Crippen molar-refractivity contribution in [1.82, 2.24) is 15.5 Å². The van der Waals surface area contributed by atoms with E-state index >= 15 is 0 Å². The van der Waals surface area contributed by atoms with Gasteiger partial charge in [0.15, 0.2) is 0 Å². The van der Waals surface area contributed by atoms with Gasteiger partial charge in [-0.2, -0.15) is 0 Å². The molecule has 1 aliphatic rings. The summed E-state index contributed by atoms with van der Waals surface area (Å²) < 4.78 is 16.2. The van der Waals surface area contributed by atoms with Crippen molar-refractivity contribution in [1.29, 1.82) is 0 Å². The summed E-state index contributed by atoms with van der Waals surface area (Å²) in [4.78, 5) is 0. The second kappa shape index (κ2) is 5.50. The fourth-order valence-corrected chi connectivity index (χ4v) is 1.93. The van der Waals surface area contributed by atoms with Crippen LogP contribution in [0, 0.1) is 0 Å². The first-order chi connectivity index (χ1) is 9.80. The first kappa shape index (κ1) is 12.9. The molecule has 0 aliphatic heterocycles. The van der Waals surface area contributed by atoms with Crippen LogP contribution in [-0.2, 0) is 6.54 Å². The van der Waals surface area contributed by atoms with Crippen molar-refractivity contribution in [3.63, 3.8) is 0 Å². The molecule has 0 radical (unpaired) electrons. The smallest absolute Gasteiger partial charge is 0.251 e. The molecule has 1 aromatic heterocycles. The number of nitrogens with one attached hydrogen (secondary N) is 1. The third-order valence-corrected chi connectivity index (χ3v) is 3.23. The van der Waals surface area contributed by atoms with E-state index in [0.717, 1.165) is 11.3 Å². The van der Waals surface area contributed by atoms with E-state index in [1.54, 1.807) is 20.3 Å². The Balaban J connectivity index is 1.80. The van der Waals surface area contributed by atoms with Gasteiger partial charge in [0.1, 0.15) is 11.5 Å².